The van der Waals surface area contributed by atoms with Crippen LogP contribution in [0.1, 0.15) is 43.0 Å². The summed E-state index contributed by atoms with van der Waals surface area (Å²) in [5.74, 6) is 0.652. The lowest BCUT2D eigenvalue weighted by Gasteiger charge is -2.38. The fraction of sp³-hybridized carbons (Fsp3) is 0.533. The Kier molecular flexibility index (Phi) is 6.30. The van der Waals surface area contributed by atoms with Crippen molar-refractivity contribution in [2.45, 2.75) is 38.1 Å². The molecule has 0 unspecified atom stereocenters. The van der Waals surface area contributed by atoms with E-state index in [4.69, 9.17) is 10.5 Å². The molecule has 1 aromatic carbocycles. The van der Waals surface area contributed by atoms with E-state index in [1.807, 2.05) is 12.1 Å². The molecule has 1 fully saturated rings. The Hall–Kier alpha value is -1.26. The number of hydrogen-bond donors (Lipinski definition) is 2. The zero-order valence-electron chi connectivity index (χ0n) is 11.9. The van der Waals surface area contributed by atoms with Crippen molar-refractivity contribution in [2.24, 2.45) is 5.73 Å². The maximum absolute atomic E-state index is 12.0. The lowest BCUT2D eigenvalue weighted by atomic mass is 9.78. The largest absolute Gasteiger partial charge is 0.494 e. The molecule has 0 radical (unpaired) electrons. The fourth-order valence-corrected chi connectivity index (χ4v) is 2.11. The van der Waals surface area contributed by atoms with Crippen LogP contribution in [-0.2, 0) is 0 Å². The predicted octanol–water partition coefficient (Wildman–Crippen LogP) is 2.51. The molecule has 0 heterocycles. The summed E-state index contributed by atoms with van der Waals surface area (Å²) < 4.78 is 5.52. The number of carbonyl (C=O) groups is 1. The van der Waals surface area contributed by atoms with Crippen LogP contribution in [0.5, 0.6) is 5.75 Å². The van der Waals surface area contributed by atoms with Gasteiger partial charge in [-0.2, -0.15) is 0 Å². The third-order valence-electron chi connectivity index (χ3n) is 3.52. The van der Waals surface area contributed by atoms with Crippen molar-refractivity contribution in [1.29, 1.82) is 0 Å². The average molecular weight is 299 g/mol. The smallest absolute Gasteiger partial charge is 0.251 e. The molecular weight excluding hydrogens is 276 g/mol. The van der Waals surface area contributed by atoms with Crippen molar-refractivity contribution < 1.29 is 9.53 Å². The Morgan fingerprint density at radius 3 is 2.80 bits per heavy atom. The van der Waals surface area contributed by atoms with Crippen LogP contribution in [0.25, 0.3) is 0 Å². The van der Waals surface area contributed by atoms with Crippen LogP contribution in [0.4, 0.5) is 0 Å². The Balaban J connectivity index is 0.00000200. The summed E-state index contributed by atoms with van der Waals surface area (Å²) in [7, 11) is 0. The van der Waals surface area contributed by atoms with Crippen molar-refractivity contribution >= 4 is 18.3 Å². The van der Waals surface area contributed by atoms with Crippen molar-refractivity contribution in [3.05, 3.63) is 29.8 Å². The summed E-state index contributed by atoms with van der Waals surface area (Å²) in [6, 6.07) is 7.26. The van der Waals surface area contributed by atoms with Crippen LogP contribution in [0.2, 0.25) is 0 Å². The molecule has 20 heavy (non-hydrogen) atoms. The first-order valence-electron chi connectivity index (χ1n) is 6.93. The molecular formula is C15H23ClN2O2. The minimum atomic E-state index is -0.189. The standard InChI is InChI=1S/C15H22N2O2.ClH/c1-2-9-19-13-6-3-5-12(10-13)14(18)17-11-15(16)7-4-8-15;/h3,5-6,10H,2,4,7-9,11,16H2,1H3,(H,17,18);1H. The maximum atomic E-state index is 12.0. The highest BCUT2D eigenvalue weighted by Gasteiger charge is 2.32. The van der Waals surface area contributed by atoms with Crippen LogP contribution >= 0.6 is 12.4 Å². The van der Waals surface area contributed by atoms with Gasteiger partial charge in [0.1, 0.15) is 5.75 Å². The van der Waals surface area contributed by atoms with Gasteiger partial charge in [0.05, 0.1) is 6.61 Å². The topological polar surface area (TPSA) is 64.3 Å². The van der Waals surface area contributed by atoms with Crippen molar-refractivity contribution in [2.75, 3.05) is 13.2 Å². The zero-order valence-corrected chi connectivity index (χ0v) is 12.7. The van der Waals surface area contributed by atoms with Gasteiger partial charge in [-0.1, -0.05) is 13.0 Å². The van der Waals surface area contributed by atoms with E-state index in [2.05, 4.69) is 12.2 Å². The van der Waals surface area contributed by atoms with E-state index in [1.165, 1.54) is 0 Å². The lowest BCUT2D eigenvalue weighted by Crippen LogP contribution is -2.54. The van der Waals surface area contributed by atoms with Gasteiger partial charge in [0.25, 0.3) is 5.91 Å². The number of amides is 1. The number of nitrogens with two attached hydrogens (primary N) is 1. The van der Waals surface area contributed by atoms with Crippen molar-refractivity contribution in [3.8, 4) is 5.75 Å². The predicted molar refractivity (Wildman–Crippen MR) is 82.6 cm³/mol. The van der Waals surface area contributed by atoms with Crippen LogP contribution in [0.15, 0.2) is 24.3 Å². The average Bonchev–Trinajstić information content (AvgIpc) is 2.40. The molecule has 1 aliphatic carbocycles. The van der Waals surface area contributed by atoms with Crippen molar-refractivity contribution in [1.82, 2.24) is 5.32 Å². The monoisotopic (exact) mass is 298 g/mol. The number of carbonyl (C=O) groups excluding carboxylic acids is 1. The third kappa shape index (κ3) is 4.39. The Labute approximate surface area is 126 Å². The summed E-state index contributed by atoms with van der Waals surface area (Å²) in [6.45, 7) is 3.26. The molecule has 0 bridgehead atoms. The molecule has 1 aliphatic rings. The number of nitrogens with one attached hydrogen (secondary N) is 1. The van der Waals surface area contributed by atoms with Crippen LogP contribution < -0.4 is 15.8 Å². The Morgan fingerprint density at radius 2 is 2.20 bits per heavy atom. The molecule has 1 aromatic rings. The number of hydrogen-bond acceptors (Lipinski definition) is 3. The van der Waals surface area contributed by atoms with Gasteiger partial charge in [-0.25, -0.2) is 0 Å². The second-order valence-electron chi connectivity index (χ2n) is 5.27. The summed E-state index contributed by atoms with van der Waals surface area (Å²) in [5.41, 5.74) is 6.52. The van der Waals surface area contributed by atoms with Crippen LogP contribution in [0.3, 0.4) is 0 Å². The Morgan fingerprint density at radius 1 is 1.45 bits per heavy atom. The third-order valence-corrected chi connectivity index (χ3v) is 3.52. The first-order chi connectivity index (χ1) is 9.13. The van der Waals surface area contributed by atoms with Crippen LogP contribution in [0, 0.1) is 0 Å². The van der Waals surface area contributed by atoms with Gasteiger partial charge in [-0.3, -0.25) is 4.79 Å². The maximum Gasteiger partial charge on any atom is 0.251 e. The SMILES string of the molecule is CCCOc1cccc(C(=O)NCC2(N)CCC2)c1.Cl. The summed E-state index contributed by atoms with van der Waals surface area (Å²) in [6.07, 6.45) is 4.10. The normalized spacial score (nSPS) is 15.7. The quantitative estimate of drug-likeness (QED) is 0.848. The molecule has 3 N–H and O–H groups in total. The van der Waals surface area contributed by atoms with Gasteiger partial charge >= 0.3 is 0 Å². The number of halogens is 1. The van der Waals surface area contributed by atoms with E-state index in [0.29, 0.717) is 18.7 Å². The molecule has 5 heteroatoms. The van der Waals surface area contributed by atoms with E-state index in [0.717, 1.165) is 31.4 Å². The highest BCUT2D eigenvalue weighted by molar-refractivity contribution is 5.94. The minimum absolute atomic E-state index is 0. The molecule has 0 saturated heterocycles. The van der Waals surface area contributed by atoms with Gasteiger partial charge in [-0.05, 0) is 43.9 Å². The number of ether oxygens (including phenoxy) is 1. The highest BCUT2D eigenvalue weighted by atomic mass is 35.5. The van der Waals surface area contributed by atoms with Crippen molar-refractivity contribution in [3.63, 3.8) is 0 Å². The lowest BCUT2D eigenvalue weighted by molar-refractivity contribution is 0.0929. The van der Waals surface area contributed by atoms with Gasteiger partial charge < -0.3 is 15.8 Å². The summed E-state index contributed by atoms with van der Waals surface area (Å²) in [5, 5.41) is 2.91. The van der Waals surface area contributed by atoms with Gasteiger partial charge in [-0.15, -0.1) is 12.4 Å². The fourth-order valence-electron chi connectivity index (χ4n) is 2.11. The molecule has 2 rings (SSSR count). The molecule has 0 atom stereocenters. The van der Waals surface area contributed by atoms with E-state index in [9.17, 15) is 4.79 Å². The Bertz CT molecular complexity index is 447. The summed E-state index contributed by atoms with van der Waals surface area (Å²) >= 11 is 0. The number of benzene rings is 1. The first kappa shape index (κ1) is 16.8. The van der Waals surface area contributed by atoms with Gasteiger partial charge in [0.2, 0.25) is 0 Å². The molecule has 0 aromatic heterocycles. The molecule has 0 spiro atoms. The molecule has 1 amide bonds. The summed E-state index contributed by atoms with van der Waals surface area (Å²) in [4.78, 5) is 12.0. The highest BCUT2D eigenvalue weighted by Crippen LogP contribution is 2.28. The second kappa shape index (κ2) is 7.50. The van der Waals surface area contributed by atoms with E-state index in [1.54, 1.807) is 12.1 Å². The first-order valence-corrected chi connectivity index (χ1v) is 6.93. The molecule has 112 valence electrons. The number of rotatable bonds is 6. The van der Waals surface area contributed by atoms with Crippen LogP contribution in [-0.4, -0.2) is 24.6 Å². The second-order valence-corrected chi connectivity index (χ2v) is 5.27. The molecule has 4 nitrogen and oxygen atoms in total. The molecule has 0 aliphatic heterocycles. The van der Waals surface area contributed by atoms with Gasteiger partial charge in [0, 0.05) is 17.6 Å². The van der Waals surface area contributed by atoms with E-state index in [-0.39, 0.29) is 23.9 Å². The van der Waals surface area contributed by atoms with E-state index < -0.39 is 0 Å². The van der Waals surface area contributed by atoms with E-state index >= 15 is 0 Å². The minimum Gasteiger partial charge on any atom is -0.494 e. The molecule has 1 saturated carbocycles. The zero-order chi connectivity index (χ0) is 13.7. The van der Waals surface area contributed by atoms with Gasteiger partial charge in [0.15, 0.2) is 0 Å².